The van der Waals surface area contributed by atoms with Crippen molar-refractivity contribution < 1.29 is 9.72 Å². The minimum absolute atomic E-state index is 0.000873. The molecule has 0 atom stereocenters. The Labute approximate surface area is 113 Å². The van der Waals surface area contributed by atoms with Crippen LogP contribution in [0.3, 0.4) is 0 Å². The van der Waals surface area contributed by atoms with Crippen LogP contribution >= 0.6 is 15.9 Å². The maximum Gasteiger partial charge on any atom is 0.270 e. The lowest BCUT2D eigenvalue weighted by atomic mass is 10.3. The van der Waals surface area contributed by atoms with Crippen LogP contribution in [0.2, 0.25) is 0 Å². The van der Waals surface area contributed by atoms with Gasteiger partial charge < -0.3 is 10.6 Å². The maximum absolute atomic E-state index is 11.4. The van der Waals surface area contributed by atoms with Gasteiger partial charge in [0.05, 0.1) is 11.5 Å². The van der Waals surface area contributed by atoms with Gasteiger partial charge in [-0.05, 0) is 35.8 Å². The van der Waals surface area contributed by atoms with Crippen molar-refractivity contribution in [2.45, 2.75) is 19.9 Å². The van der Waals surface area contributed by atoms with Gasteiger partial charge in [0, 0.05) is 28.3 Å². The van der Waals surface area contributed by atoms with Crippen LogP contribution in [-0.2, 0) is 4.79 Å². The number of carbonyl (C=O) groups excluding carboxylic acids is 1. The quantitative estimate of drug-likeness (QED) is 0.645. The number of nitro groups is 1. The van der Waals surface area contributed by atoms with E-state index in [2.05, 4.69) is 26.6 Å². The van der Waals surface area contributed by atoms with Crippen molar-refractivity contribution in [1.29, 1.82) is 0 Å². The summed E-state index contributed by atoms with van der Waals surface area (Å²) in [5.74, 6) is -0.129. The molecule has 0 spiro atoms. The molecule has 0 saturated carbocycles. The molecule has 0 aliphatic carbocycles. The predicted octanol–water partition coefficient (Wildman–Crippen LogP) is 2.29. The van der Waals surface area contributed by atoms with Crippen LogP contribution < -0.4 is 10.6 Å². The van der Waals surface area contributed by atoms with Crippen molar-refractivity contribution in [1.82, 2.24) is 5.32 Å². The lowest BCUT2D eigenvalue weighted by Crippen LogP contribution is -2.34. The lowest BCUT2D eigenvalue weighted by Gasteiger charge is -2.11. The highest BCUT2D eigenvalue weighted by molar-refractivity contribution is 9.10. The minimum atomic E-state index is -0.472. The fourth-order valence-corrected chi connectivity index (χ4v) is 1.82. The first-order chi connectivity index (χ1) is 8.40. The minimum Gasteiger partial charge on any atom is -0.375 e. The first-order valence-electron chi connectivity index (χ1n) is 5.37. The summed E-state index contributed by atoms with van der Waals surface area (Å²) in [6.07, 6.45) is 0. The zero-order valence-corrected chi connectivity index (χ0v) is 11.7. The molecular formula is C11H14BrN3O3. The van der Waals surface area contributed by atoms with Crippen LogP contribution in [0, 0.1) is 10.1 Å². The van der Waals surface area contributed by atoms with Crippen LogP contribution in [0.5, 0.6) is 0 Å². The molecule has 0 aliphatic heterocycles. The molecule has 0 radical (unpaired) electrons. The fraction of sp³-hybridized carbons (Fsp3) is 0.364. The Morgan fingerprint density at radius 3 is 2.67 bits per heavy atom. The number of non-ortho nitro benzene ring substituents is 1. The largest absolute Gasteiger partial charge is 0.375 e. The Morgan fingerprint density at radius 2 is 2.17 bits per heavy atom. The van der Waals surface area contributed by atoms with Crippen molar-refractivity contribution in [3.05, 3.63) is 32.8 Å². The molecule has 0 heterocycles. The molecule has 98 valence electrons. The molecule has 0 aromatic heterocycles. The van der Waals surface area contributed by atoms with Gasteiger partial charge >= 0.3 is 0 Å². The molecule has 1 aromatic rings. The standard InChI is InChI=1S/C11H14BrN3O3/c1-7(2)14-11(16)6-13-10-4-3-8(15(17)18)5-9(10)12/h3-5,7,13H,6H2,1-2H3,(H,14,16). The topological polar surface area (TPSA) is 84.3 Å². The molecule has 0 aliphatic rings. The van der Waals surface area contributed by atoms with Crippen LogP contribution in [0.25, 0.3) is 0 Å². The molecule has 18 heavy (non-hydrogen) atoms. The molecule has 2 N–H and O–H groups in total. The van der Waals surface area contributed by atoms with Gasteiger partial charge in [0.25, 0.3) is 5.69 Å². The first kappa shape index (κ1) is 14.4. The Hall–Kier alpha value is -1.63. The number of hydrogen-bond acceptors (Lipinski definition) is 4. The van der Waals surface area contributed by atoms with Crippen LogP contribution in [0.4, 0.5) is 11.4 Å². The second-order valence-electron chi connectivity index (χ2n) is 4.00. The maximum atomic E-state index is 11.4. The molecule has 0 fully saturated rings. The van der Waals surface area contributed by atoms with Crippen molar-refractivity contribution in [2.24, 2.45) is 0 Å². The normalized spacial score (nSPS) is 10.2. The molecule has 1 rings (SSSR count). The van der Waals surface area contributed by atoms with Crippen molar-refractivity contribution in [2.75, 3.05) is 11.9 Å². The molecule has 0 saturated heterocycles. The summed E-state index contributed by atoms with van der Waals surface area (Å²) in [4.78, 5) is 21.5. The van der Waals surface area contributed by atoms with E-state index < -0.39 is 4.92 Å². The van der Waals surface area contributed by atoms with Gasteiger partial charge in [-0.2, -0.15) is 0 Å². The lowest BCUT2D eigenvalue weighted by molar-refractivity contribution is -0.384. The van der Waals surface area contributed by atoms with Gasteiger partial charge in [-0.3, -0.25) is 14.9 Å². The third kappa shape index (κ3) is 4.33. The Morgan fingerprint density at radius 1 is 1.50 bits per heavy atom. The average molecular weight is 316 g/mol. The summed E-state index contributed by atoms with van der Waals surface area (Å²) in [5, 5.41) is 16.2. The second-order valence-corrected chi connectivity index (χ2v) is 4.85. The third-order valence-electron chi connectivity index (χ3n) is 2.05. The van der Waals surface area contributed by atoms with E-state index in [0.717, 1.165) is 0 Å². The van der Waals surface area contributed by atoms with Gasteiger partial charge in [0.2, 0.25) is 5.91 Å². The average Bonchev–Trinajstić information content (AvgIpc) is 2.26. The number of carbonyl (C=O) groups is 1. The molecule has 7 heteroatoms. The molecular weight excluding hydrogens is 302 g/mol. The van der Waals surface area contributed by atoms with Crippen molar-refractivity contribution in [3.8, 4) is 0 Å². The summed E-state index contributed by atoms with van der Waals surface area (Å²) in [7, 11) is 0. The predicted molar refractivity (Wildman–Crippen MR) is 72.6 cm³/mol. The van der Waals surface area contributed by atoms with Gasteiger partial charge in [-0.25, -0.2) is 0 Å². The van der Waals surface area contributed by atoms with E-state index in [0.29, 0.717) is 10.2 Å². The van der Waals surface area contributed by atoms with Gasteiger partial charge in [-0.1, -0.05) is 0 Å². The zero-order valence-electron chi connectivity index (χ0n) is 10.1. The molecule has 1 amide bonds. The number of nitrogens with zero attached hydrogens (tertiary/aromatic N) is 1. The van der Waals surface area contributed by atoms with E-state index in [1.54, 1.807) is 6.07 Å². The van der Waals surface area contributed by atoms with Crippen LogP contribution in [0.15, 0.2) is 22.7 Å². The summed E-state index contributed by atoms with van der Waals surface area (Å²) in [5.41, 5.74) is 0.638. The number of halogens is 1. The highest BCUT2D eigenvalue weighted by Gasteiger charge is 2.10. The highest BCUT2D eigenvalue weighted by Crippen LogP contribution is 2.26. The summed E-state index contributed by atoms with van der Waals surface area (Å²) in [6, 6.07) is 4.42. The number of rotatable bonds is 5. The number of anilines is 1. The van der Waals surface area contributed by atoms with Crippen molar-refractivity contribution in [3.63, 3.8) is 0 Å². The molecule has 1 aromatic carbocycles. The number of amides is 1. The van der Waals surface area contributed by atoms with Crippen LogP contribution in [0.1, 0.15) is 13.8 Å². The highest BCUT2D eigenvalue weighted by atomic mass is 79.9. The fourth-order valence-electron chi connectivity index (χ4n) is 1.31. The van der Waals surface area contributed by atoms with E-state index in [4.69, 9.17) is 0 Å². The summed E-state index contributed by atoms with van der Waals surface area (Å²) in [6.45, 7) is 3.87. The van der Waals surface area contributed by atoms with Gasteiger partial charge in [0.15, 0.2) is 0 Å². The van der Waals surface area contributed by atoms with Gasteiger partial charge in [-0.15, -0.1) is 0 Å². The van der Waals surface area contributed by atoms with E-state index in [-0.39, 0.29) is 24.2 Å². The number of hydrogen-bond donors (Lipinski definition) is 2. The Bertz CT molecular complexity index is 463. The molecule has 6 nitrogen and oxygen atoms in total. The number of nitro benzene ring substituents is 1. The summed E-state index contributed by atoms with van der Waals surface area (Å²) >= 11 is 3.22. The number of nitrogens with one attached hydrogen (secondary N) is 2. The van der Waals surface area contributed by atoms with Gasteiger partial charge in [0.1, 0.15) is 0 Å². The molecule has 0 unspecified atom stereocenters. The van der Waals surface area contributed by atoms with Crippen LogP contribution in [-0.4, -0.2) is 23.4 Å². The second kappa shape index (κ2) is 6.34. The van der Waals surface area contributed by atoms with E-state index in [9.17, 15) is 14.9 Å². The van der Waals surface area contributed by atoms with E-state index in [1.807, 2.05) is 13.8 Å². The SMILES string of the molecule is CC(C)NC(=O)CNc1ccc([N+](=O)[O-])cc1Br. The third-order valence-corrected chi connectivity index (χ3v) is 2.71. The molecule has 0 bridgehead atoms. The van der Waals surface area contributed by atoms with E-state index >= 15 is 0 Å². The Kier molecular flexibility index (Phi) is 5.08. The van der Waals surface area contributed by atoms with Crippen molar-refractivity contribution >= 4 is 33.2 Å². The zero-order chi connectivity index (χ0) is 13.7. The van der Waals surface area contributed by atoms with E-state index in [1.165, 1.54) is 12.1 Å². The summed E-state index contributed by atoms with van der Waals surface area (Å²) < 4.78 is 0.550. The monoisotopic (exact) mass is 315 g/mol. The smallest absolute Gasteiger partial charge is 0.270 e. The first-order valence-corrected chi connectivity index (χ1v) is 6.16. The number of benzene rings is 1. The Balaban J connectivity index is 2.63.